The maximum atomic E-state index is 13.8. The summed E-state index contributed by atoms with van der Waals surface area (Å²) in [4.78, 5) is 14.2. The predicted octanol–water partition coefficient (Wildman–Crippen LogP) is 4.36. The Morgan fingerprint density at radius 3 is 2.71 bits per heavy atom. The van der Waals surface area contributed by atoms with Crippen molar-refractivity contribution < 1.29 is 13.9 Å². The first-order valence-electron chi connectivity index (χ1n) is 7.96. The Bertz CT molecular complexity index is 746. The van der Waals surface area contributed by atoms with Gasteiger partial charge >= 0.3 is 0 Å². The maximum Gasteiger partial charge on any atom is 0.261 e. The average Bonchev–Trinajstić information content (AvgIpc) is 3.40. The molecule has 2 aromatic rings. The molecule has 2 aromatic carbocycles. The van der Waals surface area contributed by atoms with Crippen molar-refractivity contribution in [1.82, 2.24) is 4.90 Å². The predicted molar refractivity (Wildman–Crippen MR) is 91.7 cm³/mol. The zero-order valence-corrected chi connectivity index (χ0v) is 14.2. The largest absolute Gasteiger partial charge is 0.484 e. The summed E-state index contributed by atoms with van der Waals surface area (Å²) in [7, 11) is 0. The lowest BCUT2D eigenvalue weighted by Gasteiger charge is -2.23. The molecular formula is C19H19ClFNO2. The quantitative estimate of drug-likeness (QED) is 0.777. The highest BCUT2D eigenvalue weighted by atomic mass is 35.5. The zero-order valence-electron chi connectivity index (χ0n) is 13.5. The van der Waals surface area contributed by atoms with E-state index in [1.807, 2.05) is 6.92 Å². The van der Waals surface area contributed by atoms with Crippen molar-refractivity contribution in [2.45, 2.75) is 32.4 Å². The van der Waals surface area contributed by atoms with E-state index in [1.54, 1.807) is 41.3 Å². The van der Waals surface area contributed by atoms with Gasteiger partial charge in [-0.1, -0.05) is 29.8 Å². The number of amides is 1. The Morgan fingerprint density at radius 2 is 2.04 bits per heavy atom. The summed E-state index contributed by atoms with van der Waals surface area (Å²) in [5.74, 6) is 0.186. The molecule has 5 heteroatoms. The molecule has 0 heterocycles. The van der Waals surface area contributed by atoms with E-state index in [9.17, 15) is 9.18 Å². The van der Waals surface area contributed by atoms with E-state index in [2.05, 4.69) is 0 Å². The van der Waals surface area contributed by atoms with Crippen LogP contribution in [0.25, 0.3) is 0 Å². The van der Waals surface area contributed by atoms with Crippen LogP contribution in [0, 0.1) is 12.7 Å². The number of carbonyl (C=O) groups is 1. The van der Waals surface area contributed by atoms with Crippen molar-refractivity contribution in [3.63, 3.8) is 0 Å². The fourth-order valence-electron chi connectivity index (χ4n) is 2.55. The van der Waals surface area contributed by atoms with Crippen LogP contribution in [0.3, 0.4) is 0 Å². The molecule has 0 aromatic heterocycles. The van der Waals surface area contributed by atoms with Crippen LogP contribution in [0.2, 0.25) is 5.02 Å². The molecule has 0 atom stereocenters. The molecule has 0 spiro atoms. The lowest BCUT2D eigenvalue weighted by Crippen LogP contribution is -2.36. The van der Waals surface area contributed by atoms with Crippen LogP contribution in [-0.4, -0.2) is 23.5 Å². The van der Waals surface area contributed by atoms with Crippen LogP contribution < -0.4 is 4.74 Å². The monoisotopic (exact) mass is 347 g/mol. The Labute approximate surface area is 146 Å². The van der Waals surface area contributed by atoms with Crippen LogP contribution in [0.1, 0.15) is 24.0 Å². The molecule has 3 nitrogen and oxygen atoms in total. The highest BCUT2D eigenvalue weighted by Gasteiger charge is 2.33. The number of nitrogens with zero attached hydrogens (tertiary/aromatic N) is 1. The van der Waals surface area contributed by atoms with Crippen LogP contribution in [0.4, 0.5) is 4.39 Å². The highest BCUT2D eigenvalue weighted by molar-refractivity contribution is 6.31. The second-order valence-electron chi connectivity index (χ2n) is 6.04. The maximum absolute atomic E-state index is 13.8. The van der Waals surface area contributed by atoms with Crippen molar-refractivity contribution in [1.29, 1.82) is 0 Å². The molecule has 1 amide bonds. The zero-order chi connectivity index (χ0) is 17.1. The molecule has 24 heavy (non-hydrogen) atoms. The summed E-state index contributed by atoms with van der Waals surface area (Å²) < 4.78 is 19.4. The SMILES string of the molecule is Cc1cc(OCC(=O)N(Cc2ccccc2F)C2CC2)ccc1Cl. The number of hydrogen-bond acceptors (Lipinski definition) is 2. The van der Waals surface area contributed by atoms with E-state index in [0.29, 0.717) is 16.3 Å². The molecular weight excluding hydrogens is 329 g/mol. The van der Waals surface area contributed by atoms with Gasteiger partial charge in [-0.2, -0.15) is 0 Å². The van der Waals surface area contributed by atoms with Gasteiger partial charge in [-0.05, 0) is 49.6 Å². The van der Waals surface area contributed by atoms with E-state index >= 15 is 0 Å². The molecule has 0 N–H and O–H groups in total. The van der Waals surface area contributed by atoms with Gasteiger partial charge in [0.05, 0.1) is 0 Å². The van der Waals surface area contributed by atoms with Gasteiger partial charge in [-0.15, -0.1) is 0 Å². The summed E-state index contributed by atoms with van der Waals surface area (Å²) in [5.41, 5.74) is 1.42. The molecule has 1 fully saturated rings. The fourth-order valence-corrected chi connectivity index (χ4v) is 2.67. The molecule has 0 saturated heterocycles. The molecule has 0 aliphatic heterocycles. The third-order valence-electron chi connectivity index (χ3n) is 4.10. The number of carbonyl (C=O) groups excluding carboxylic acids is 1. The Kier molecular flexibility index (Phi) is 5.05. The second-order valence-corrected chi connectivity index (χ2v) is 6.45. The van der Waals surface area contributed by atoms with Gasteiger partial charge in [0.2, 0.25) is 0 Å². The molecule has 1 saturated carbocycles. The van der Waals surface area contributed by atoms with Gasteiger partial charge in [-0.3, -0.25) is 4.79 Å². The molecule has 1 aliphatic carbocycles. The van der Waals surface area contributed by atoms with E-state index in [-0.39, 0.29) is 30.9 Å². The first kappa shape index (κ1) is 16.8. The summed E-state index contributed by atoms with van der Waals surface area (Å²) in [6.07, 6.45) is 1.92. The number of rotatable bonds is 6. The van der Waals surface area contributed by atoms with Gasteiger partial charge in [0.25, 0.3) is 5.91 Å². The van der Waals surface area contributed by atoms with Crippen LogP contribution >= 0.6 is 11.6 Å². The highest BCUT2D eigenvalue weighted by Crippen LogP contribution is 2.29. The van der Waals surface area contributed by atoms with Gasteiger partial charge in [0.1, 0.15) is 11.6 Å². The summed E-state index contributed by atoms with van der Waals surface area (Å²) in [6.45, 7) is 2.09. The van der Waals surface area contributed by atoms with E-state index < -0.39 is 0 Å². The van der Waals surface area contributed by atoms with Crippen LogP contribution in [0.5, 0.6) is 5.75 Å². The van der Waals surface area contributed by atoms with Crippen molar-refractivity contribution in [3.05, 3.63) is 64.4 Å². The van der Waals surface area contributed by atoms with Gasteiger partial charge in [-0.25, -0.2) is 4.39 Å². The van der Waals surface area contributed by atoms with Crippen molar-refractivity contribution in [3.8, 4) is 5.75 Å². The smallest absolute Gasteiger partial charge is 0.261 e. The minimum absolute atomic E-state index is 0.0635. The third kappa shape index (κ3) is 4.06. The lowest BCUT2D eigenvalue weighted by atomic mass is 10.2. The minimum atomic E-state index is -0.287. The molecule has 1 aliphatic rings. The fraction of sp³-hybridized carbons (Fsp3) is 0.316. The van der Waals surface area contributed by atoms with Crippen LogP contribution in [-0.2, 0) is 11.3 Å². The number of ether oxygens (including phenoxy) is 1. The van der Waals surface area contributed by atoms with Crippen molar-refractivity contribution in [2.24, 2.45) is 0 Å². The normalized spacial score (nSPS) is 13.6. The lowest BCUT2D eigenvalue weighted by molar-refractivity contribution is -0.134. The number of hydrogen-bond donors (Lipinski definition) is 0. The Balaban J connectivity index is 1.64. The van der Waals surface area contributed by atoms with Gasteiger partial charge in [0, 0.05) is 23.2 Å². The van der Waals surface area contributed by atoms with Crippen molar-refractivity contribution in [2.75, 3.05) is 6.61 Å². The van der Waals surface area contributed by atoms with Crippen molar-refractivity contribution >= 4 is 17.5 Å². The van der Waals surface area contributed by atoms with E-state index in [0.717, 1.165) is 18.4 Å². The summed E-state index contributed by atoms with van der Waals surface area (Å²) in [6, 6.07) is 12.0. The second kappa shape index (κ2) is 7.22. The topological polar surface area (TPSA) is 29.5 Å². The molecule has 0 bridgehead atoms. The van der Waals surface area contributed by atoms with E-state index in [4.69, 9.17) is 16.3 Å². The Morgan fingerprint density at radius 1 is 1.29 bits per heavy atom. The third-order valence-corrected chi connectivity index (χ3v) is 4.52. The number of benzene rings is 2. The molecule has 0 radical (unpaired) electrons. The van der Waals surface area contributed by atoms with Gasteiger partial charge in [0.15, 0.2) is 6.61 Å². The van der Waals surface area contributed by atoms with Gasteiger partial charge < -0.3 is 9.64 Å². The molecule has 126 valence electrons. The first-order valence-corrected chi connectivity index (χ1v) is 8.34. The first-order chi connectivity index (χ1) is 11.5. The summed E-state index contributed by atoms with van der Waals surface area (Å²) >= 11 is 5.98. The number of aryl methyl sites for hydroxylation is 1. The standard InChI is InChI=1S/C19H19ClFNO2/c1-13-10-16(8-9-17(13)20)24-12-19(23)22(15-6-7-15)11-14-4-2-3-5-18(14)21/h2-5,8-10,15H,6-7,11-12H2,1H3. The minimum Gasteiger partial charge on any atom is -0.484 e. The number of halogens is 2. The average molecular weight is 348 g/mol. The molecule has 0 unspecified atom stereocenters. The van der Waals surface area contributed by atoms with Crippen LogP contribution in [0.15, 0.2) is 42.5 Å². The van der Waals surface area contributed by atoms with E-state index in [1.165, 1.54) is 6.07 Å². The summed E-state index contributed by atoms with van der Waals surface area (Å²) in [5, 5.41) is 0.660. The molecule has 3 rings (SSSR count). The Hall–Kier alpha value is -2.07.